The molecule has 116 valence electrons. The SMILES string of the molecule is S=C1OCCOCCOCCOCCOCCOC1=S. The molecular formula is C12H20O6S2. The lowest BCUT2D eigenvalue weighted by Gasteiger charge is -2.12. The number of hydrogen-bond acceptors (Lipinski definition) is 8. The van der Waals surface area contributed by atoms with Crippen LogP contribution >= 0.6 is 24.4 Å². The molecular weight excluding hydrogens is 304 g/mol. The minimum Gasteiger partial charge on any atom is -0.478 e. The molecule has 0 aromatic carbocycles. The van der Waals surface area contributed by atoms with Gasteiger partial charge in [0.2, 0.25) is 10.1 Å². The summed E-state index contributed by atoms with van der Waals surface area (Å²) in [6, 6.07) is 0. The summed E-state index contributed by atoms with van der Waals surface area (Å²) in [4.78, 5) is 0. The van der Waals surface area contributed by atoms with Gasteiger partial charge in [0.25, 0.3) is 0 Å². The average molecular weight is 324 g/mol. The Balaban J connectivity index is 2.21. The van der Waals surface area contributed by atoms with Crippen molar-refractivity contribution >= 4 is 34.5 Å². The number of thiocarbonyl (C=S) groups is 2. The average Bonchev–Trinajstić information content (AvgIpc) is 2.45. The normalized spacial score (nSPS) is 22.2. The summed E-state index contributed by atoms with van der Waals surface area (Å²) >= 11 is 9.95. The Bertz CT molecular complexity index is 259. The van der Waals surface area contributed by atoms with Crippen molar-refractivity contribution in [2.24, 2.45) is 0 Å². The lowest BCUT2D eigenvalue weighted by Crippen LogP contribution is -2.21. The lowest BCUT2D eigenvalue weighted by atomic mass is 10.6. The van der Waals surface area contributed by atoms with Crippen LogP contribution in [-0.4, -0.2) is 76.2 Å². The van der Waals surface area contributed by atoms with E-state index in [1.165, 1.54) is 0 Å². The third-order valence-electron chi connectivity index (χ3n) is 2.20. The van der Waals surface area contributed by atoms with Crippen molar-refractivity contribution in [1.29, 1.82) is 0 Å². The topological polar surface area (TPSA) is 55.4 Å². The molecule has 0 atom stereocenters. The lowest BCUT2D eigenvalue weighted by molar-refractivity contribution is -0.00833. The second-order valence-corrected chi connectivity index (χ2v) is 4.46. The smallest absolute Gasteiger partial charge is 0.239 e. The van der Waals surface area contributed by atoms with E-state index < -0.39 is 0 Å². The first-order valence-electron chi connectivity index (χ1n) is 6.45. The van der Waals surface area contributed by atoms with Gasteiger partial charge in [-0.3, -0.25) is 0 Å². The minimum atomic E-state index is 0.171. The zero-order valence-electron chi connectivity index (χ0n) is 11.3. The van der Waals surface area contributed by atoms with Crippen LogP contribution in [0.2, 0.25) is 0 Å². The van der Waals surface area contributed by atoms with Gasteiger partial charge in [-0.2, -0.15) is 0 Å². The van der Waals surface area contributed by atoms with Crippen molar-refractivity contribution in [3.05, 3.63) is 0 Å². The van der Waals surface area contributed by atoms with E-state index in [9.17, 15) is 0 Å². The molecule has 0 unspecified atom stereocenters. The van der Waals surface area contributed by atoms with Crippen LogP contribution in [0, 0.1) is 0 Å². The molecule has 1 saturated heterocycles. The van der Waals surface area contributed by atoms with E-state index in [0.29, 0.717) is 66.1 Å². The van der Waals surface area contributed by atoms with Crippen molar-refractivity contribution in [3.63, 3.8) is 0 Å². The summed E-state index contributed by atoms with van der Waals surface area (Å²) in [6.07, 6.45) is 0. The van der Waals surface area contributed by atoms with Crippen LogP contribution in [0.1, 0.15) is 0 Å². The fraction of sp³-hybridized carbons (Fsp3) is 0.833. The standard InChI is InChI=1S/C12H20O6S2/c19-11-12(20)18-10-8-16-6-4-14-2-1-13-3-5-15-7-9-17-11/h1-10H2. The highest BCUT2D eigenvalue weighted by atomic mass is 32.1. The first-order valence-corrected chi connectivity index (χ1v) is 7.27. The predicted octanol–water partition coefficient (Wildman–Crippen LogP) is 0.754. The van der Waals surface area contributed by atoms with E-state index >= 15 is 0 Å². The quantitative estimate of drug-likeness (QED) is 0.605. The van der Waals surface area contributed by atoms with Gasteiger partial charge < -0.3 is 28.4 Å². The third kappa shape index (κ3) is 9.51. The van der Waals surface area contributed by atoms with Crippen molar-refractivity contribution in [1.82, 2.24) is 0 Å². The molecule has 1 aliphatic rings. The van der Waals surface area contributed by atoms with Gasteiger partial charge in [0.1, 0.15) is 13.2 Å². The third-order valence-corrected chi connectivity index (χ3v) is 2.94. The van der Waals surface area contributed by atoms with Crippen LogP contribution in [0.4, 0.5) is 0 Å². The van der Waals surface area contributed by atoms with E-state index in [-0.39, 0.29) is 10.1 Å². The molecule has 0 radical (unpaired) electrons. The van der Waals surface area contributed by atoms with Gasteiger partial charge >= 0.3 is 0 Å². The molecule has 0 aromatic heterocycles. The second kappa shape index (κ2) is 12.4. The molecule has 20 heavy (non-hydrogen) atoms. The molecule has 0 aromatic rings. The number of ether oxygens (including phenoxy) is 6. The van der Waals surface area contributed by atoms with Gasteiger partial charge in [-0.15, -0.1) is 0 Å². The van der Waals surface area contributed by atoms with Crippen LogP contribution in [0.3, 0.4) is 0 Å². The molecule has 1 aliphatic heterocycles. The van der Waals surface area contributed by atoms with E-state index in [4.69, 9.17) is 52.9 Å². The maximum absolute atomic E-state index is 5.32. The van der Waals surface area contributed by atoms with Crippen molar-refractivity contribution in [3.8, 4) is 0 Å². The Morgan fingerprint density at radius 2 is 0.700 bits per heavy atom. The Labute approximate surface area is 129 Å². The molecule has 0 N–H and O–H groups in total. The fourth-order valence-corrected chi connectivity index (χ4v) is 1.55. The van der Waals surface area contributed by atoms with Gasteiger partial charge in [0, 0.05) is 0 Å². The van der Waals surface area contributed by atoms with Gasteiger partial charge in [-0.1, -0.05) is 0 Å². The van der Waals surface area contributed by atoms with E-state index in [0.717, 1.165) is 0 Å². The van der Waals surface area contributed by atoms with Crippen LogP contribution in [0.5, 0.6) is 0 Å². The van der Waals surface area contributed by atoms with Gasteiger partial charge in [0.05, 0.1) is 52.9 Å². The maximum Gasteiger partial charge on any atom is 0.239 e. The molecule has 1 fully saturated rings. The zero-order valence-corrected chi connectivity index (χ0v) is 13.0. The number of rotatable bonds is 0. The molecule has 8 heteroatoms. The Hall–Kier alpha value is -0.380. The molecule has 1 rings (SSSR count). The summed E-state index contributed by atoms with van der Waals surface area (Å²) in [6.45, 7) is 4.64. The first kappa shape index (κ1) is 17.7. The second-order valence-electron chi connectivity index (χ2n) is 3.72. The molecule has 0 amide bonds. The van der Waals surface area contributed by atoms with E-state index in [1.807, 2.05) is 0 Å². The van der Waals surface area contributed by atoms with E-state index in [1.54, 1.807) is 0 Å². The summed E-state index contributed by atoms with van der Waals surface area (Å²) in [5.41, 5.74) is 0. The molecule has 0 bridgehead atoms. The Morgan fingerprint density at radius 1 is 0.450 bits per heavy atom. The maximum atomic E-state index is 5.32. The molecule has 0 saturated carbocycles. The first-order chi connectivity index (χ1) is 9.80. The minimum absolute atomic E-state index is 0.171. The molecule has 6 nitrogen and oxygen atoms in total. The van der Waals surface area contributed by atoms with Gasteiger partial charge in [-0.25, -0.2) is 0 Å². The fourth-order valence-electron chi connectivity index (χ4n) is 1.27. The Kier molecular flexibility index (Phi) is 10.9. The largest absolute Gasteiger partial charge is 0.478 e. The molecule has 0 spiro atoms. The van der Waals surface area contributed by atoms with Crippen molar-refractivity contribution in [2.75, 3.05) is 66.1 Å². The molecule has 0 aliphatic carbocycles. The Morgan fingerprint density at radius 3 is 1.00 bits per heavy atom. The van der Waals surface area contributed by atoms with Gasteiger partial charge in [-0.05, 0) is 24.4 Å². The van der Waals surface area contributed by atoms with Gasteiger partial charge in [0.15, 0.2) is 0 Å². The predicted molar refractivity (Wildman–Crippen MR) is 80.4 cm³/mol. The summed E-state index contributed by atoms with van der Waals surface area (Å²) in [5.74, 6) is 0. The molecule has 1 heterocycles. The van der Waals surface area contributed by atoms with Crippen LogP contribution in [-0.2, 0) is 28.4 Å². The zero-order chi connectivity index (χ0) is 14.5. The highest BCUT2D eigenvalue weighted by Crippen LogP contribution is 1.93. The number of hydrogen-bond donors (Lipinski definition) is 0. The highest BCUT2D eigenvalue weighted by molar-refractivity contribution is 7.88. The highest BCUT2D eigenvalue weighted by Gasteiger charge is 2.07. The summed E-state index contributed by atoms with van der Waals surface area (Å²) < 4.78 is 31.7. The van der Waals surface area contributed by atoms with Crippen molar-refractivity contribution < 1.29 is 28.4 Å². The van der Waals surface area contributed by atoms with Crippen LogP contribution < -0.4 is 0 Å². The summed E-state index contributed by atoms with van der Waals surface area (Å²) in [7, 11) is 0. The summed E-state index contributed by atoms with van der Waals surface area (Å²) in [5, 5.41) is 0.341. The van der Waals surface area contributed by atoms with E-state index in [2.05, 4.69) is 0 Å². The van der Waals surface area contributed by atoms with Crippen LogP contribution in [0.25, 0.3) is 0 Å². The van der Waals surface area contributed by atoms with Crippen LogP contribution in [0.15, 0.2) is 0 Å². The monoisotopic (exact) mass is 324 g/mol. The van der Waals surface area contributed by atoms with Crippen molar-refractivity contribution in [2.45, 2.75) is 0 Å².